The van der Waals surface area contributed by atoms with E-state index in [9.17, 15) is 18.0 Å². The summed E-state index contributed by atoms with van der Waals surface area (Å²) in [5.41, 5.74) is 1.35. The maximum absolute atomic E-state index is 12.7. The molecule has 0 saturated carbocycles. The molecular weight excluding hydrogens is 440 g/mol. The van der Waals surface area contributed by atoms with Crippen LogP contribution in [0.15, 0.2) is 50.8 Å². The van der Waals surface area contributed by atoms with Gasteiger partial charge < -0.3 is 9.15 Å². The van der Waals surface area contributed by atoms with Crippen LogP contribution in [-0.4, -0.2) is 31.9 Å². The van der Waals surface area contributed by atoms with Gasteiger partial charge in [-0.1, -0.05) is 42.9 Å². The molecule has 0 aliphatic heterocycles. The molecule has 0 aliphatic rings. The molecule has 0 spiro atoms. The molecular formula is C21H22N2O6S2. The number of hydrogen-bond donors (Lipinski definition) is 1. The molecule has 0 atom stereocenters. The summed E-state index contributed by atoms with van der Waals surface area (Å²) < 4.78 is 35.9. The monoisotopic (exact) mass is 462 g/mol. The van der Waals surface area contributed by atoms with Gasteiger partial charge in [0.1, 0.15) is 4.88 Å². The van der Waals surface area contributed by atoms with Gasteiger partial charge in [-0.2, -0.15) is 0 Å². The number of aromatic nitrogens is 1. The van der Waals surface area contributed by atoms with Crippen LogP contribution in [0.25, 0.3) is 0 Å². The Bertz CT molecular complexity index is 1210. The first-order valence-electron chi connectivity index (χ1n) is 9.45. The van der Waals surface area contributed by atoms with Gasteiger partial charge in [-0.05, 0) is 44.0 Å². The van der Waals surface area contributed by atoms with E-state index in [0.717, 1.165) is 16.9 Å². The maximum atomic E-state index is 12.7. The number of nitrogens with one attached hydrogen (secondary N) is 1. The molecule has 0 bridgehead atoms. The summed E-state index contributed by atoms with van der Waals surface area (Å²) >= 11 is 0.975. The molecule has 0 aliphatic carbocycles. The van der Waals surface area contributed by atoms with E-state index in [1.165, 1.54) is 24.3 Å². The van der Waals surface area contributed by atoms with Gasteiger partial charge in [0.05, 0.1) is 17.2 Å². The second kappa shape index (κ2) is 9.03. The first-order valence-corrected chi connectivity index (χ1v) is 11.8. The standard InChI is InChI=1S/C21H22N2O6S2/c1-12(2)11-28-20(25)18-14(4)22-21(30-18)23-19(24)16-9-10-17(29-16)31(26,27)15-7-5-13(3)6-8-15/h5-10,12H,11H2,1-4H3,(H,22,23,24). The molecule has 2 aromatic heterocycles. The number of thiazole rings is 1. The van der Waals surface area contributed by atoms with Crippen molar-refractivity contribution in [2.24, 2.45) is 5.92 Å². The van der Waals surface area contributed by atoms with Crippen molar-refractivity contribution < 1.29 is 27.2 Å². The lowest BCUT2D eigenvalue weighted by Gasteiger charge is -2.05. The van der Waals surface area contributed by atoms with Crippen molar-refractivity contribution in [2.45, 2.75) is 37.7 Å². The SMILES string of the molecule is Cc1ccc(S(=O)(=O)c2ccc(C(=O)Nc3nc(C)c(C(=O)OCC(C)C)s3)o2)cc1. The number of amides is 1. The van der Waals surface area contributed by atoms with Crippen molar-refractivity contribution in [2.75, 3.05) is 11.9 Å². The van der Waals surface area contributed by atoms with Gasteiger partial charge >= 0.3 is 5.97 Å². The molecule has 1 aromatic carbocycles. The molecule has 3 aromatic rings. The van der Waals surface area contributed by atoms with Gasteiger partial charge in [-0.15, -0.1) is 0 Å². The first kappa shape index (κ1) is 22.7. The second-order valence-corrected chi connectivity index (χ2v) is 10.2. The quantitative estimate of drug-likeness (QED) is 0.522. The third kappa shape index (κ3) is 5.20. The second-order valence-electron chi connectivity index (χ2n) is 7.32. The van der Waals surface area contributed by atoms with Crippen molar-refractivity contribution in [1.29, 1.82) is 0 Å². The molecule has 3 rings (SSSR count). The van der Waals surface area contributed by atoms with E-state index < -0.39 is 21.7 Å². The Kier molecular flexibility index (Phi) is 6.61. The average molecular weight is 463 g/mol. The zero-order valence-corrected chi connectivity index (χ0v) is 19.1. The topological polar surface area (TPSA) is 116 Å². The molecule has 1 N–H and O–H groups in total. The number of ether oxygens (including phenoxy) is 1. The van der Waals surface area contributed by atoms with Gasteiger partial charge in [0.15, 0.2) is 10.9 Å². The van der Waals surface area contributed by atoms with E-state index in [0.29, 0.717) is 5.69 Å². The number of furan rings is 1. The molecule has 0 unspecified atom stereocenters. The number of esters is 1. The van der Waals surface area contributed by atoms with E-state index in [4.69, 9.17) is 9.15 Å². The Morgan fingerprint density at radius 1 is 1.13 bits per heavy atom. The third-order valence-corrected chi connectivity index (χ3v) is 6.85. The van der Waals surface area contributed by atoms with E-state index in [2.05, 4.69) is 10.3 Å². The fourth-order valence-corrected chi connectivity index (χ4v) is 4.55. The van der Waals surface area contributed by atoms with E-state index >= 15 is 0 Å². The summed E-state index contributed by atoms with van der Waals surface area (Å²) in [5, 5.41) is 2.36. The Hall–Kier alpha value is -2.98. The highest BCUT2D eigenvalue weighted by Gasteiger charge is 2.24. The molecule has 0 radical (unpaired) electrons. The number of nitrogens with zero attached hydrogens (tertiary/aromatic N) is 1. The summed E-state index contributed by atoms with van der Waals surface area (Å²) in [5.74, 6) is -1.18. The van der Waals surface area contributed by atoms with Crippen LogP contribution in [-0.2, 0) is 14.6 Å². The lowest BCUT2D eigenvalue weighted by Crippen LogP contribution is -2.10. The zero-order valence-electron chi connectivity index (χ0n) is 17.5. The summed E-state index contributed by atoms with van der Waals surface area (Å²) in [6.07, 6.45) is 0. The number of benzene rings is 1. The highest BCUT2D eigenvalue weighted by Crippen LogP contribution is 2.26. The summed E-state index contributed by atoms with van der Waals surface area (Å²) in [6.45, 7) is 7.62. The van der Waals surface area contributed by atoms with Crippen LogP contribution < -0.4 is 5.32 Å². The van der Waals surface area contributed by atoms with E-state index in [1.807, 2.05) is 20.8 Å². The Balaban J connectivity index is 1.74. The highest BCUT2D eigenvalue weighted by atomic mass is 32.2. The van der Waals surface area contributed by atoms with Crippen LogP contribution in [0.5, 0.6) is 0 Å². The fourth-order valence-electron chi connectivity index (χ4n) is 2.53. The lowest BCUT2D eigenvalue weighted by molar-refractivity contribution is 0.0463. The molecule has 10 heteroatoms. The van der Waals surface area contributed by atoms with Crippen molar-refractivity contribution in [3.8, 4) is 0 Å². The molecule has 0 fully saturated rings. The largest absolute Gasteiger partial charge is 0.461 e. The normalized spacial score (nSPS) is 11.5. The Morgan fingerprint density at radius 3 is 2.45 bits per heavy atom. The van der Waals surface area contributed by atoms with Crippen molar-refractivity contribution in [3.63, 3.8) is 0 Å². The van der Waals surface area contributed by atoms with Crippen LogP contribution in [0, 0.1) is 19.8 Å². The predicted molar refractivity (Wildman–Crippen MR) is 115 cm³/mol. The molecule has 164 valence electrons. The van der Waals surface area contributed by atoms with E-state index in [-0.39, 0.29) is 38.3 Å². The smallest absolute Gasteiger partial charge is 0.350 e. The zero-order chi connectivity index (χ0) is 22.8. The number of aryl methyl sites for hydroxylation is 2. The van der Waals surface area contributed by atoms with Crippen molar-refractivity contribution in [1.82, 2.24) is 4.98 Å². The van der Waals surface area contributed by atoms with Crippen LogP contribution in [0.3, 0.4) is 0 Å². The summed E-state index contributed by atoms with van der Waals surface area (Å²) in [6, 6.07) is 8.81. The Morgan fingerprint density at radius 2 is 1.81 bits per heavy atom. The average Bonchev–Trinajstić information content (AvgIpc) is 3.34. The molecule has 31 heavy (non-hydrogen) atoms. The lowest BCUT2D eigenvalue weighted by atomic mass is 10.2. The van der Waals surface area contributed by atoms with Gasteiger partial charge in [0.25, 0.3) is 5.91 Å². The molecule has 8 nitrogen and oxygen atoms in total. The number of hydrogen-bond acceptors (Lipinski definition) is 8. The van der Waals surface area contributed by atoms with Gasteiger partial charge in [0, 0.05) is 0 Å². The van der Waals surface area contributed by atoms with Crippen molar-refractivity contribution >= 4 is 38.2 Å². The van der Waals surface area contributed by atoms with E-state index in [1.54, 1.807) is 19.1 Å². The molecule has 1 amide bonds. The minimum absolute atomic E-state index is 0.0690. The highest BCUT2D eigenvalue weighted by molar-refractivity contribution is 7.91. The van der Waals surface area contributed by atoms with Crippen LogP contribution in [0.1, 0.15) is 45.3 Å². The number of anilines is 1. The maximum Gasteiger partial charge on any atom is 0.350 e. The van der Waals surface area contributed by atoms with Crippen LogP contribution in [0.2, 0.25) is 0 Å². The van der Waals surface area contributed by atoms with Crippen molar-refractivity contribution in [3.05, 3.63) is 58.3 Å². The third-order valence-electron chi connectivity index (χ3n) is 4.15. The molecule has 2 heterocycles. The van der Waals surface area contributed by atoms with Gasteiger partial charge in [-0.25, -0.2) is 18.2 Å². The summed E-state index contributed by atoms with van der Waals surface area (Å²) in [4.78, 5) is 29.2. The van der Waals surface area contributed by atoms with Crippen LogP contribution >= 0.6 is 11.3 Å². The van der Waals surface area contributed by atoms with Gasteiger partial charge in [-0.3, -0.25) is 10.1 Å². The first-order chi connectivity index (χ1) is 14.6. The fraction of sp³-hybridized carbons (Fsp3) is 0.286. The number of rotatable bonds is 7. The number of carbonyl (C=O) groups is 2. The molecule has 0 saturated heterocycles. The minimum atomic E-state index is -3.89. The Labute approximate surface area is 184 Å². The summed E-state index contributed by atoms with van der Waals surface area (Å²) in [7, 11) is -3.89. The van der Waals surface area contributed by atoms with Crippen LogP contribution in [0.4, 0.5) is 5.13 Å². The number of carbonyl (C=O) groups excluding carboxylic acids is 2. The van der Waals surface area contributed by atoms with Gasteiger partial charge in [0.2, 0.25) is 14.9 Å². The predicted octanol–water partition coefficient (Wildman–Crippen LogP) is 4.25. The number of sulfone groups is 1. The minimum Gasteiger partial charge on any atom is -0.461 e.